The van der Waals surface area contributed by atoms with E-state index >= 15 is 0 Å². The van der Waals surface area contributed by atoms with Gasteiger partial charge in [0.15, 0.2) is 0 Å². The van der Waals surface area contributed by atoms with Crippen LogP contribution in [-0.4, -0.2) is 6.54 Å². The topological polar surface area (TPSA) is 12.0 Å². The van der Waals surface area contributed by atoms with E-state index in [4.69, 9.17) is 11.6 Å². The largest absolute Gasteiger partial charge is 0.385 e. The molecule has 0 amide bonds. The van der Waals surface area contributed by atoms with Crippen molar-refractivity contribution in [3.63, 3.8) is 0 Å². The SMILES string of the molecule is CC1CCCC(CNc2ccc(Br)c(Cl)c2)C1. The number of hydrogen-bond donors (Lipinski definition) is 1. The van der Waals surface area contributed by atoms with Crippen LogP contribution in [0, 0.1) is 11.8 Å². The highest BCUT2D eigenvalue weighted by atomic mass is 79.9. The van der Waals surface area contributed by atoms with E-state index in [0.29, 0.717) is 0 Å². The molecule has 1 aliphatic carbocycles. The molecular weight excluding hydrogens is 298 g/mol. The Hall–Kier alpha value is -0.210. The van der Waals surface area contributed by atoms with Gasteiger partial charge in [-0.2, -0.15) is 0 Å². The van der Waals surface area contributed by atoms with E-state index in [-0.39, 0.29) is 0 Å². The van der Waals surface area contributed by atoms with Crippen LogP contribution in [0.5, 0.6) is 0 Å². The second kappa shape index (κ2) is 6.10. The van der Waals surface area contributed by atoms with Crippen molar-refractivity contribution < 1.29 is 0 Å². The second-order valence-electron chi connectivity index (χ2n) is 5.15. The van der Waals surface area contributed by atoms with Crippen molar-refractivity contribution in [2.45, 2.75) is 32.6 Å². The molecule has 0 aliphatic heterocycles. The van der Waals surface area contributed by atoms with Crippen LogP contribution in [0.25, 0.3) is 0 Å². The highest BCUT2D eigenvalue weighted by Crippen LogP contribution is 2.30. The summed E-state index contributed by atoms with van der Waals surface area (Å²) in [6.07, 6.45) is 5.51. The molecule has 1 aromatic carbocycles. The second-order valence-corrected chi connectivity index (χ2v) is 6.41. The van der Waals surface area contributed by atoms with E-state index in [1.807, 2.05) is 12.1 Å². The zero-order valence-corrected chi connectivity index (χ0v) is 12.5. The van der Waals surface area contributed by atoms with Crippen molar-refractivity contribution in [2.24, 2.45) is 11.8 Å². The van der Waals surface area contributed by atoms with Crippen LogP contribution in [0.1, 0.15) is 32.6 Å². The van der Waals surface area contributed by atoms with Crippen molar-refractivity contribution in [2.75, 3.05) is 11.9 Å². The lowest BCUT2D eigenvalue weighted by atomic mass is 9.82. The Morgan fingerprint density at radius 3 is 2.94 bits per heavy atom. The van der Waals surface area contributed by atoms with Crippen molar-refractivity contribution in [3.8, 4) is 0 Å². The van der Waals surface area contributed by atoms with E-state index in [1.165, 1.54) is 25.7 Å². The zero-order chi connectivity index (χ0) is 12.3. The molecule has 1 fully saturated rings. The lowest BCUT2D eigenvalue weighted by Gasteiger charge is -2.27. The van der Waals surface area contributed by atoms with Crippen molar-refractivity contribution in [3.05, 3.63) is 27.7 Å². The molecule has 1 aliphatic rings. The number of hydrogen-bond acceptors (Lipinski definition) is 1. The molecular formula is C14H19BrClN. The lowest BCUT2D eigenvalue weighted by molar-refractivity contribution is 0.293. The molecule has 94 valence electrons. The molecule has 17 heavy (non-hydrogen) atoms. The van der Waals surface area contributed by atoms with Crippen LogP contribution in [0.15, 0.2) is 22.7 Å². The summed E-state index contributed by atoms with van der Waals surface area (Å²) in [7, 11) is 0. The van der Waals surface area contributed by atoms with Crippen LogP contribution in [-0.2, 0) is 0 Å². The van der Waals surface area contributed by atoms with Crippen molar-refractivity contribution in [1.82, 2.24) is 0 Å². The van der Waals surface area contributed by atoms with Crippen molar-refractivity contribution in [1.29, 1.82) is 0 Å². The number of benzene rings is 1. The number of anilines is 1. The monoisotopic (exact) mass is 315 g/mol. The Labute approximate surface area is 117 Å². The Morgan fingerprint density at radius 1 is 1.41 bits per heavy atom. The molecule has 2 atom stereocenters. The van der Waals surface area contributed by atoms with E-state index in [0.717, 1.165) is 33.6 Å². The minimum atomic E-state index is 0.770. The predicted molar refractivity (Wildman–Crippen MR) is 78.8 cm³/mol. The van der Waals surface area contributed by atoms with Crippen LogP contribution in [0.4, 0.5) is 5.69 Å². The zero-order valence-electron chi connectivity index (χ0n) is 10.2. The molecule has 0 aromatic heterocycles. The number of rotatable bonds is 3. The average Bonchev–Trinajstić information content (AvgIpc) is 2.31. The summed E-state index contributed by atoms with van der Waals surface area (Å²) in [6.45, 7) is 3.44. The molecule has 2 unspecified atom stereocenters. The average molecular weight is 317 g/mol. The fourth-order valence-electron chi connectivity index (χ4n) is 2.61. The normalized spacial score (nSPS) is 24.6. The van der Waals surface area contributed by atoms with Gasteiger partial charge in [0.25, 0.3) is 0 Å². The maximum Gasteiger partial charge on any atom is 0.0568 e. The Balaban J connectivity index is 1.86. The third-order valence-corrected chi connectivity index (χ3v) is 4.79. The first-order valence-corrected chi connectivity index (χ1v) is 7.51. The molecule has 0 bridgehead atoms. The van der Waals surface area contributed by atoms with E-state index in [2.05, 4.69) is 34.2 Å². The molecule has 1 N–H and O–H groups in total. The van der Waals surface area contributed by atoms with Gasteiger partial charge in [0.2, 0.25) is 0 Å². The van der Waals surface area contributed by atoms with Gasteiger partial charge in [-0.05, 0) is 58.8 Å². The summed E-state index contributed by atoms with van der Waals surface area (Å²) in [5, 5.41) is 4.27. The van der Waals surface area contributed by atoms with Gasteiger partial charge in [0, 0.05) is 16.7 Å². The van der Waals surface area contributed by atoms with Gasteiger partial charge in [-0.1, -0.05) is 31.4 Å². The standard InChI is InChI=1S/C14H19BrClN/c1-10-3-2-4-11(7-10)9-17-12-5-6-13(15)14(16)8-12/h5-6,8,10-11,17H,2-4,7,9H2,1H3. The molecule has 0 heterocycles. The minimum Gasteiger partial charge on any atom is -0.385 e. The summed E-state index contributed by atoms with van der Waals surface area (Å²) >= 11 is 9.48. The van der Waals surface area contributed by atoms with Gasteiger partial charge in [0.1, 0.15) is 0 Å². The first-order chi connectivity index (χ1) is 8.15. The maximum absolute atomic E-state index is 6.07. The van der Waals surface area contributed by atoms with E-state index < -0.39 is 0 Å². The molecule has 1 saturated carbocycles. The Kier molecular flexibility index (Phi) is 4.75. The molecule has 2 rings (SSSR count). The molecule has 0 saturated heterocycles. The Morgan fingerprint density at radius 2 is 2.24 bits per heavy atom. The Bertz CT molecular complexity index is 380. The van der Waals surface area contributed by atoms with Crippen molar-refractivity contribution >= 4 is 33.2 Å². The van der Waals surface area contributed by atoms with Crippen LogP contribution in [0.3, 0.4) is 0 Å². The number of nitrogens with one attached hydrogen (secondary N) is 1. The fraction of sp³-hybridized carbons (Fsp3) is 0.571. The minimum absolute atomic E-state index is 0.770. The summed E-state index contributed by atoms with van der Waals surface area (Å²) in [4.78, 5) is 0. The quantitative estimate of drug-likeness (QED) is 0.793. The third kappa shape index (κ3) is 3.89. The lowest BCUT2D eigenvalue weighted by Crippen LogP contribution is -2.20. The summed E-state index contributed by atoms with van der Waals surface area (Å²) in [5.74, 6) is 1.71. The van der Waals surface area contributed by atoms with Gasteiger partial charge in [-0.25, -0.2) is 0 Å². The van der Waals surface area contributed by atoms with Crippen LogP contribution in [0.2, 0.25) is 5.02 Å². The van der Waals surface area contributed by atoms with Crippen LogP contribution < -0.4 is 5.32 Å². The van der Waals surface area contributed by atoms with E-state index in [9.17, 15) is 0 Å². The van der Waals surface area contributed by atoms with Gasteiger partial charge >= 0.3 is 0 Å². The van der Waals surface area contributed by atoms with Gasteiger partial charge in [0.05, 0.1) is 5.02 Å². The predicted octanol–water partition coefficient (Wildman–Crippen LogP) is 5.34. The highest BCUT2D eigenvalue weighted by Gasteiger charge is 2.18. The first kappa shape index (κ1) is 13.2. The highest BCUT2D eigenvalue weighted by molar-refractivity contribution is 9.10. The first-order valence-electron chi connectivity index (χ1n) is 6.34. The molecule has 0 spiro atoms. The molecule has 0 radical (unpaired) electrons. The van der Waals surface area contributed by atoms with Gasteiger partial charge in [-0.3, -0.25) is 0 Å². The molecule has 1 aromatic rings. The summed E-state index contributed by atoms with van der Waals surface area (Å²) in [5.41, 5.74) is 1.12. The summed E-state index contributed by atoms with van der Waals surface area (Å²) in [6, 6.07) is 6.05. The molecule has 1 nitrogen and oxygen atoms in total. The third-order valence-electron chi connectivity index (χ3n) is 3.56. The fourth-order valence-corrected chi connectivity index (χ4v) is 3.04. The van der Waals surface area contributed by atoms with E-state index in [1.54, 1.807) is 0 Å². The van der Waals surface area contributed by atoms with Gasteiger partial charge in [-0.15, -0.1) is 0 Å². The number of halogens is 2. The smallest absolute Gasteiger partial charge is 0.0568 e. The van der Waals surface area contributed by atoms with Gasteiger partial charge < -0.3 is 5.32 Å². The molecule has 3 heteroatoms. The maximum atomic E-state index is 6.07. The summed E-state index contributed by atoms with van der Waals surface area (Å²) < 4.78 is 0.955. The van der Waals surface area contributed by atoms with Crippen LogP contribution >= 0.6 is 27.5 Å².